The minimum atomic E-state index is -0.430. The van der Waals surface area contributed by atoms with Gasteiger partial charge in [0.15, 0.2) is 0 Å². The third-order valence-electron chi connectivity index (χ3n) is 3.51. The first-order valence-corrected chi connectivity index (χ1v) is 6.47. The summed E-state index contributed by atoms with van der Waals surface area (Å²) >= 11 is 0. The van der Waals surface area contributed by atoms with Crippen LogP contribution in [-0.2, 0) is 0 Å². The molecule has 1 fully saturated rings. The fourth-order valence-electron chi connectivity index (χ4n) is 2.27. The van der Waals surface area contributed by atoms with E-state index in [1.807, 2.05) is 11.9 Å². The summed E-state index contributed by atoms with van der Waals surface area (Å²) in [5.74, 6) is -0.321. The van der Waals surface area contributed by atoms with Crippen LogP contribution in [0.15, 0.2) is 18.2 Å². The Morgan fingerprint density at radius 3 is 2.50 bits per heavy atom. The summed E-state index contributed by atoms with van der Waals surface area (Å²) < 4.78 is 0. The van der Waals surface area contributed by atoms with Crippen LogP contribution in [0.5, 0.6) is 0 Å². The number of likely N-dealkylation sites (N-methyl/N-ethyl adjacent to an activating group) is 1. The molecule has 1 amide bonds. The molecule has 0 aromatic heterocycles. The van der Waals surface area contributed by atoms with Crippen LogP contribution in [0.4, 0.5) is 11.4 Å². The number of piperazine rings is 1. The topological polar surface area (TPSA) is 78.7 Å². The van der Waals surface area contributed by atoms with E-state index >= 15 is 0 Å². The van der Waals surface area contributed by atoms with E-state index in [2.05, 4.69) is 10.2 Å². The molecule has 0 bridgehead atoms. The van der Waals surface area contributed by atoms with Gasteiger partial charge in [0.2, 0.25) is 0 Å². The van der Waals surface area contributed by atoms with Crippen molar-refractivity contribution >= 4 is 17.3 Å². The zero-order chi connectivity index (χ0) is 14.7. The Labute approximate surface area is 117 Å². The number of benzene rings is 1. The van der Waals surface area contributed by atoms with Gasteiger partial charge in [-0.05, 0) is 19.2 Å². The molecule has 7 heteroatoms. The number of hydrogen-bond acceptors (Lipinski definition) is 5. The van der Waals surface area contributed by atoms with E-state index in [4.69, 9.17) is 0 Å². The number of rotatable bonds is 3. The molecule has 1 saturated heterocycles. The van der Waals surface area contributed by atoms with Crippen LogP contribution in [0, 0.1) is 10.1 Å². The quantitative estimate of drug-likeness (QED) is 0.650. The van der Waals surface area contributed by atoms with Gasteiger partial charge in [0, 0.05) is 44.9 Å². The Kier molecular flexibility index (Phi) is 4.19. The Hall–Kier alpha value is -2.15. The van der Waals surface area contributed by atoms with Crippen molar-refractivity contribution in [1.29, 1.82) is 0 Å². The molecule has 1 aliphatic heterocycles. The normalized spacial score (nSPS) is 16.0. The average Bonchev–Trinajstić information content (AvgIpc) is 2.46. The fraction of sp³-hybridized carbons (Fsp3) is 0.462. The Balaban J connectivity index is 2.33. The molecule has 0 radical (unpaired) electrons. The van der Waals surface area contributed by atoms with E-state index in [0.29, 0.717) is 11.3 Å². The van der Waals surface area contributed by atoms with Gasteiger partial charge >= 0.3 is 0 Å². The van der Waals surface area contributed by atoms with Gasteiger partial charge in [-0.15, -0.1) is 0 Å². The molecule has 1 heterocycles. The van der Waals surface area contributed by atoms with Crippen LogP contribution in [0.3, 0.4) is 0 Å². The monoisotopic (exact) mass is 278 g/mol. The van der Waals surface area contributed by atoms with Gasteiger partial charge < -0.3 is 15.1 Å². The number of carbonyl (C=O) groups excluding carboxylic acids is 1. The highest BCUT2D eigenvalue weighted by molar-refractivity contribution is 5.95. The van der Waals surface area contributed by atoms with Crippen molar-refractivity contribution in [2.24, 2.45) is 0 Å². The maximum Gasteiger partial charge on any atom is 0.293 e. The van der Waals surface area contributed by atoms with Crippen LogP contribution in [0.1, 0.15) is 10.4 Å². The Bertz CT molecular complexity index is 524. The summed E-state index contributed by atoms with van der Waals surface area (Å²) in [6, 6.07) is 4.62. The molecule has 0 aliphatic carbocycles. The fourth-order valence-corrected chi connectivity index (χ4v) is 2.27. The molecule has 20 heavy (non-hydrogen) atoms. The predicted molar refractivity (Wildman–Crippen MR) is 76.2 cm³/mol. The minimum absolute atomic E-state index is 0.0179. The molecule has 1 N–H and O–H groups in total. The number of hydrogen-bond donors (Lipinski definition) is 1. The zero-order valence-corrected chi connectivity index (χ0v) is 11.6. The number of nitrogens with one attached hydrogen (secondary N) is 1. The van der Waals surface area contributed by atoms with Crippen molar-refractivity contribution < 1.29 is 9.72 Å². The molecule has 7 nitrogen and oxygen atoms in total. The number of carbonyl (C=O) groups is 1. The molecule has 2 rings (SSSR count). The molecule has 0 saturated carbocycles. The summed E-state index contributed by atoms with van der Waals surface area (Å²) in [5, 5.41) is 13.7. The van der Waals surface area contributed by atoms with Gasteiger partial charge in [0.05, 0.1) is 4.92 Å². The number of anilines is 1. The molecular formula is C13H18N4O3. The van der Waals surface area contributed by atoms with Gasteiger partial charge in [0.1, 0.15) is 5.69 Å². The van der Waals surface area contributed by atoms with Crippen molar-refractivity contribution in [3.8, 4) is 0 Å². The summed E-state index contributed by atoms with van der Waals surface area (Å²) in [7, 11) is 3.53. The van der Waals surface area contributed by atoms with E-state index in [0.717, 1.165) is 26.2 Å². The van der Waals surface area contributed by atoms with Gasteiger partial charge in [0.25, 0.3) is 11.6 Å². The molecule has 0 spiro atoms. The number of amides is 1. The van der Waals surface area contributed by atoms with Crippen LogP contribution in [-0.4, -0.2) is 56.0 Å². The summed E-state index contributed by atoms with van der Waals surface area (Å²) in [6.45, 7) is 3.23. The second kappa shape index (κ2) is 5.87. The third-order valence-corrected chi connectivity index (χ3v) is 3.51. The lowest BCUT2D eigenvalue weighted by molar-refractivity contribution is -0.384. The van der Waals surface area contributed by atoms with Crippen LogP contribution in [0.25, 0.3) is 0 Å². The SMILES string of the molecule is CNC(=O)c1ccc(N2CCN(C)CC2)c([N+](=O)[O-])c1. The van der Waals surface area contributed by atoms with E-state index in [1.54, 1.807) is 12.1 Å². The summed E-state index contributed by atoms with van der Waals surface area (Å²) in [6.07, 6.45) is 0. The van der Waals surface area contributed by atoms with Crippen molar-refractivity contribution in [3.63, 3.8) is 0 Å². The van der Waals surface area contributed by atoms with Crippen molar-refractivity contribution in [1.82, 2.24) is 10.2 Å². The average molecular weight is 278 g/mol. The maximum absolute atomic E-state index is 11.6. The molecule has 108 valence electrons. The minimum Gasteiger partial charge on any atom is -0.363 e. The van der Waals surface area contributed by atoms with E-state index in [9.17, 15) is 14.9 Å². The second-order valence-electron chi connectivity index (χ2n) is 4.83. The smallest absolute Gasteiger partial charge is 0.293 e. The van der Waals surface area contributed by atoms with Gasteiger partial charge in [-0.2, -0.15) is 0 Å². The highest BCUT2D eigenvalue weighted by Crippen LogP contribution is 2.29. The molecule has 1 aromatic carbocycles. The Morgan fingerprint density at radius 1 is 1.30 bits per heavy atom. The van der Waals surface area contributed by atoms with Gasteiger partial charge in [-0.1, -0.05) is 0 Å². The molecule has 1 aliphatic rings. The molecular weight excluding hydrogens is 260 g/mol. The van der Waals surface area contributed by atoms with Gasteiger partial charge in [-0.3, -0.25) is 14.9 Å². The van der Waals surface area contributed by atoms with E-state index in [1.165, 1.54) is 13.1 Å². The first kappa shape index (κ1) is 14.3. The summed E-state index contributed by atoms with van der Waals surface area (Å²) in [5.41, 5.74) is 0.864. The lowest BCUT2D eigenvalue weighted by atomic mass is 10.1. The first-order chi connectivity index (χ1) is 9.52. The predicted octanol–water partition coefficient (Wildman–Crippen LogP) is 0.706. The van der Waals surface area contributed by atoms with Crippen molar-refractivity contribution in [3.05, 3.63) is 33.9 Å². The highest BCUT2D eigenvalue weighted by atomic mass is 16.6. The van der Waals surface area contributed by atoms with E-state index in [-0.39, 0.29) is 11.6 Å². The van der Waals surface area contributed by atoms with Crippen molar-refractivity contribution in [2.45, 2.75) is 0 Å². The van der Waals surface area contributed by atoms with Crippen LogP contribution >= 0.6 is 0 Å². The van der Waals surface area contributed by atoms with E-state index < -0.39 is 4.92 Å². The molecule has 0 unspecified atom stereocenters. The number of nitro benzene ring substituents is 1. The third kappa shape index (κ3) is 2.88. The van der Waals surface area contributed by atoms with Crippen LogP contribution < -0.4 is 10.2 Å². The lowest BCUT2D eigenvalue weighted by Gasteiger charge is -2.33. The highest BCUT2D eigenvalue weighted by Gasteiger charge is 2.23. The summed E-state index contributed by atoms with van der Waals surface area (Å²) in [4.78, 5) is 26.5. The zero-order valence-electron chi connectivity index (χ0n) is 11.6. The number of nitro groups is 1. The lowest BCUT2D eigenvalue weighted by Crippen LogP contribution is -2.44. The van der Waals surface area contributed by atoms with Crippen LogP contribution in [0.2, 0.25) is 0 Å². The first-order valence-electron chi connectivity index (χ1n) is 6.47. The van der Waals surface area contributed by atoms with Crippen molar-refractivity contribution in [2.75, 3.05) is 45.2 Å². The number of nitrogens with zero attached hydrogens (tertiary/aromatic N) is 3. The largest absolute Gasteiger partial charge is 0.363 e. The maximum atomic E-state index is 11.6. The standard InChI is InChI=1S/C13H18N4O3/c1-14-13(18)10-3-4-11(12(9-10)17(19)20)16-7-5-15(2)6-8-16/h3-4,9H,5-8H2,1-2H3,(H,14,18). The Morgan fingerprint density at radius 2 is 1.95 bits per heavy atom. The molecule has 0 atom stereocenters. The molecule has 1 aromatic rings. The van der Waals surface area contributed by atoms with Gasteiger partial charge in [-0.25, -0.2) is 0 Å². The second-order valence-corrected chi connectivity index (χ2v) is 4.83.